The topological polar surface area (TPSA) is 0 Å². The molecule has 0 fully saturated rings. The van der Waals surface area contributed by atoms with Gasteiger partial charge in [0.15, 0.2) is 0 Å². The number of allylic oxidation sites excluding steroid dienone is 4. The molecule has 0 saturated carbocycles. The average Bonchev–Trinajstić information content (AvgIpc) is 2.74. The highest BCUT2D eigenvalue weighted by molar-refractivity contribution is 5.81. The predicted octanol–water partition coefficient (Wildman–Crippen LogP) is 5.86. The molecule has 1 aliphatic carbocycles. The smallest absolute Gasteiger partial charge is 0.00854 e. The zero-order valence-corrected chi connectivity index (χ0v) is 13.2. The summed E-state index contributed by atoms with van der Waals surface area (Å²) in [6, 6.07) is 10.8. The molecule has 0 atom stereocenters. The second-order valence-electron chi connectivity index (χ2n) is 7.60. The van der Waals surface area contributed by atoms with Crippen LogP contribution in [0.25, 0.3) is 5.57 Å². The van der Waals surface area contributed by atoms with Crippen molar-refractivity contribution in [2.45, 2.75) is 48.0 Å². The molecule has 0 aliphatic heterocycles. The molecule has 0 amide bonds. The number of hydrogen-bond acceptors (Lipinski definition) is 0. The molecule has 1 aliphatic rings. The van der Waals surface area contributed by atoms with Crippen LogP contribution in [0, 0.1) is 10.8 Å². The van der Waals surface area contributed by atoms with Crippen LogP contribution >= 0.6 is 0 Å². The van der Waals surface area contributed by atoms with Gasteiger partial charge in [0.1, 0.15) is 0 Å². The Morgan fingerprint density at radius 3 is 1.84 bits per heavy atom. The molecule has 102 valence electrons. The molecule has 0 heterocycles. The van der Waals surface area contributed by atoms with Crippen LogP contribution in [0.5, 0.6) is 0 Å². The van der Waals surface area contributed by atoms with Crippen LogP contribution < -0.4 is 0 Å². The normalized spacial score (nSPS) is 16.8. The molecule has 1 aromatic rings. The molecular formula is C19H26. The maximum absolute atomic E-state index is 2.43. The maximum Gasteiger partial charge on any atom is -0.00854 e. The van der Waals surface area contributed by atoms with E-state index < -0.39 is 0 Å². The maximum atomic E-state index is 2.43. The fourth-order valence-corrected chi connectivity index (χ4v) is 2.62. The van der Waals surface area contributed by atoms with E-state index >= 15 is 0 Å². The van der Waals surface area contributed by atoms with Crippen LogP contribution in [-0.2, 0) is 0 Å². The summed E-state index contributed by atoms with van der Waals surface area (Å²) < 4.78 is 0. The van der Waals surface area contributed by atoms with Gasteiger partial charge in [-0.25, -0.2) is 0 Å². The van der Waals surface area contributed by atoms with E-state index in [1.54, 1.807) is 11.1 Å². The van der Waals surface area contributed by atoms with Crippen molar-refractivity contribution in [3.63, 3.8) is 0 Å². The van der Waals surface area contributed by atoms with Crippen molar-refractivity contribution in [2.75, 3.05) is 0 Å². The van der Waals surface area contributed by atoms with Crippen molar-refractivity contribution >= 4 is 5.57 Å². The van der Waals surface area contributed by atoms with Crippen LogP contribution in [-0.4, -0.2) is 0 Å². The van der Waals surface area contributed by atoms with Crippen molar-refractivity contribution in [1.29, 1.82) is 0 Å². The van der Waals surface area contributed by atoms with Gasteiger partial charge in [0.05, 0.1) is 0 Å². The van der Waals surface area contributed by atoms with Gasteiger partial charge in [-0.3, -0.25) is 0 Å². The summed E-state index contributed by atoms with van der Waals surface area (Å²) in [5, 5.41) is 0. The number of hydrogen-bond donors (Lipinski definition) is 0. The molecule has 0 radical (unpaired) electrons. The van der Waals surface area contributed by atoms with Crippen LogP contribution in [0.2, 0.25) is 0 Å². The van der Waals surface area contributed by atoms with Crippen molar-refractivity contribution in [3.05, 3.63) is 53.1 Å². The monoisotopic (exact) mass is 254 g/mol. The molecule has 0 spiro atoms. The first kappa shape index (κ1) is 14.1. The molecule has 0 saturated heterocycles. The minimum Gasteiger partial charge on any atom is -0.0622 e. The van der Waals surface area contributed by atoms with E-state index in [4.69, 9.17) is 0 Å². The lowest BCUT2D eigenvalue weighted by atomic mass is 9.79. The summed E-state index contributed by atoms with van der Waals surface area (Å²) in [4.78, 5) is 0. The molecule has 0 N–H and O–H groups in total. The van der Waals surface area contributed by atoms with E-state index in [1.807, 2.05) is 0 Å². The summed E-state index contributed by atoms with van der Waals surface area (Å²) in [5.41, 5.74) is 6.41. The van der Waals surface area contributed by atoms with Gasteiger partial charge in [0.2, 0.25) is 0 Å². The van der Waals surface area contributed by atoms with Crippen LogP contribution in [0.15, 0.2) is 47.6 Å². The van der Waals surface area contributed by atoms with E-state index in [-0.39, 0.29) is 10.8 Å². The molecule has 0 heteroatoms. The second kappa shape index (κ2) is 4.67. The van der Waals surface area contributed by atoms with Crippen LogP contribution in [0.4, 0.5) is 0 Å². The molecule has 0 bridgehead atoms. The quantitative estimate of drug-likeness (QED) is 0.588. The Labute approximate surface area is 118 Å². The van der Waals surface area contributed by atoms with E-state index in [1.165, 1.54) is 11.1 Å². The second-order valence-corrected chi connectivity index (χ2v) is 7.60. The molecule has 1 aromatic carbocycles. The summed E-state index contributed by atoms with van der Waals surface area (Å²) >= 11 is 0. The Bertz CT molecular complexity index is 513. The zero-order chi connectivity index (χ0) is 14.3. The summed E-state index contributed by atoms with van der Waals surface area (Å²) in [7, 11) is 0. The van der Waals surface area contributed by atoms with Crippen molar-refractivity contribution in [1.82, 2.24) is 0 Å². The minimum atomic E-state index is 0.231. The molecule has 19 heavy (non-hydrogen) atoms. The van der Waals surface area contributed by atoms with Gasteiger partial charge >= 0.3 is 0 Å². The van der Waals surface area contributed by atoms with E-state index in [9.17, 15) is 0 Å². The number of benzene rings is 1. The Hall–Kier alpha value is -1.30. The lowest BCUT2D eigenvalue weighted by Crippen LogP contribution is -2.13. The average molecular weight is 254 g/mol. The third-order valence-electron chi connectivity index (χ3n) is 3.96. The van der Waals surface area contributed by atoms with Gasteiger partial charge in [0, 0.05) is 0 Å². The highest BCUT2D eigenvalue weighted by atomic mass is 14.3. The molecule has 0 unspecified atom stereocenters. The van der Waals surface area contributed by atoms with E-state index in [2.05, 4.69) is 78.0 Å². The predicted molar refractivity (Wildman–Crippen MR) is 85.0 cm³/mol. The van der Waals surface area contributed by atoms with Gasteiger partial charge in [-0.2, -0.15) is 0 Å². The summed E-state index contributed by atoms with van der Waals surface area (Å²) in [6.45, 7) is 13.9. The minimum absolute atomic E-state index is 0.231. The molecule has 0 nitrogen and oxygen atoms in total. The Morgan fingerprint density at radius 1 is 0.789 bits per heavy atom. The van der Waals surface area contributed by atoms with Gasteiger partial charge in [-0.15, -0.1) is 0 Å². The first-order chi connectivity index (χ1) is 8.69. The Kier molecular flexibility index (Phi) is 3.47. The van der Waals surface area contributed by atoms with Crippen molar-refractivity contribution < 1.29 is 0 Å². The Morgan fingerprint density at radius 2 is 1.37 bits per heavy atom. The largest absolute Gasteiger partial charge is 0.0622 e. The highest BCUT2D eigenvalue weighted by Crippen LogP contribution is 2.46. The van der Waals surface area contributed by atoms with Gasteiger partial charge < -0.3 is 0 Å². The molecule has 0 aromatic heterocycles. The Balaban J connectivity index is 2.51. The van der Waals surface area contributed by atoms with Gasteiger partial charge in [-0.1, -0.05) is 89.1 Å². The molecule has 2 rings (SSSR count). The summed E-state index contributed by atoms with van der Waals surface area (Å²) in [5.74, 6) is 0. The zero-order valence-electron chi connectivity index (χ0n) is 13.2. The summed E-state index contributed by atoms with van der Waals surface area (Å²) in [6.07, 6.45) is 3.55. The first-order valence-corrected chi connectivity index (χ1v) is 7.20. The fourth-order valence-electron chi connectivity index (χ4n) is 2.62. The third kappa shape index (κ3) is 3.00. The van der Waals surface area contributed by atoms with Crippen LogP contribution in [0.3, 0.4) is 0 Å². The standard InChI is InChI=1S/C19H26/c1-18(2,3)15-12-16(14-10-8-7-9-11-14)17(13-15)19(4,5)6/h7-12H,13H2,1-6H3. The lowest BCUT2D eigenvalue weighted by molar-refractivity contribution is 0.458. The van der Waals surface area contributed by atoms with E-state index in [0.717, 1.165) is 6.42 Å². The van der Waals surface area contributed by atoms with Crippen LogP contribution in [0.1, 0.15) is 53.5 Å². The SMILES string of the molecule is CC(C)(C)C1=CC(c2ccccc2)=C(C(C)(C)C)C1. The van der Waals surface area contributed by atoms with Crippen molar-refractivity contribution in [3.8, 4) is 0 Å². The van der Waals surface area contributed by atoms with Gasteiger partial charge in [-0.05, 0) is 28.4 Å². The first-order valence-electron chi connectivity index (χ1n) is 7.20. The van der Waals surface area contributed by atoms with Crippen molar-refractivity contribution in [2.24, 2.45) is 10.8 Å². The third-order valence-corrected chi connectivity index (χ3v) is 3.96. The fraction of sp³-hybridized carbons (Fsp3) is 0.474. The number of rotatable bonds is 1. The van der Waals surface area contributed by atoms with Gasteiger partial charge in [0.25, 0.3) is 0 Å². The lowest BCUT2D eigenvalue weighted by Gasteiger charge is -2.26. The highest BCUT2D eigenvalue weighted by Gasteiger charge is 2.30. The molecular weight excluding hydrogens is 228 g/mol. The van der Waals surface area contributed by atoms with E-state index in [0.29, 0.717) is 0 Å².